The Kier molecular flexibility index (Phi) is 4.77. The fraction of sp³-hybridized carbons (Fsp3) is 0.238. The number of fused-ring (bicyclic) bond motifs is 2. The van der Waals surface area contributed by atoms with Gasteiger partial charge in [-0.1, -0.05) is 19.1 Å². The highest BCUT2D eigenvalue weighted by Gasteiger charge is 2.42. The van der Waals surface area contributed by atoms with Crippen LogP contribution in [0.2, 0.25) is 0 Å². The fourth-order valence-corrected chi connectivity index (χ4v) is 5.08. The number of aryl methyl sites for hydroxylation is 1. The lowest BCUT2D eigenvalue weighted by molar-refractivity contribution is 0.0864. The van der Waals surface area contributed by atoms with E-state index in [0.717, 1.165) is 16.3 Å². The zero-order valence-electron chi connectivity index (χ0n) is 16.6. The smallest absolute Gasteiger partial charge is 0.336 e. The molecule has 1 amide bonds. The van der Waals surface area contributed by atoms with Crippen molar-refractivity contribution in [1.82, 2.24) is 4.31 Å². The Bertz CT molecular complexity index is 1340. The highest BCUT2D eigenvalue weighted by atomic mass is 32.2. The molecule has 0 N–H and O–H groups in total. The monoisotopic (exact) mass is 429 g/mol. The minimum atomic E-state index is -4.13. The van der Waals surface area contributed by atoms with Gasteiger partial charge in [-0.3, -0.25) is 4.79 Å². The first kappa shape index (κ1) is 20.0. The van der Waals surface area contributed by atoms with Crippen LogP contribution in [-0.4, -0.2) is 32.8 Å². The van der Waals surface area contributed by atoms with E-state index in [1.165, 1.54) is 32.4 Å². The Morgan fingerprint density at radius 1 is 1.00 bits per heavy atom. The lowest BCUT2D eigenvalue weighted by atomic mass is 10.1. The first-order valence-electron chi connectivity index (χ1n) is 9.19. The molecule has 0 aliphatic carbocycles. The Morgan fingerprint density at radius 2 is 1.70 bits per heavy atom. The summed E-state index contributed by atoms with van der Waals surface area (Å²) in [6, 6.07) is 9.20. The molecule has 1 aliphatic rings. The summed E-state index contributed by atoms with van der Waals surface area (Å²) in [6.07, 6.45) is 0.752. The van der Waals surface area contributed by atoms with Crippen LogP contribution in [0.4, 0.5) is 0 Å². The molecular formula is C21H19NO7S. The lowest BCUT2D eigenvalue weighted by Crippen LogP contribution is -2.29. The summed E-state index contributed by atoms with van der Waals surface area (Å²) in [4.78, 5) is 24.8. The van der Waals surface area contributed by atoms with Crippen molar-refractivity contribution in [3.63, 3.8) is 0 Å². The largest absolute Gasteiger partial charge is 0.493 e. The van der Waals surface area contributed by atoms with E-state index >= 15 is 0 Å². The minimum Gasteiger partial charge on any atom is -0.493 e. The SMILES string of the molecule is CCc1ccc2c(CN3C(=O)c4cc(OC)c(OC)cc4S3(=O)=O)cc(=O)oc2c1. The maximum absolute atomic E-state index is 13.1. The molecule has 0 radical (unpaired) electrons. The van der Waals surface area contributed by atoms with Crippen LogP contribution in [0, 0.1) is 0 Å². The maximum atomic E-state index is 13.1. The first-order valence-corrected chi connectivity index (χ1v) is 10.6. The molecule has 0 saturated carbocycles. The van der Waals surface area contributed by atoms with E-state index in [1.807, 2.05) is 13.0 Å². The van der Waals surface area contributed by atoms with Crippen LogP contribution in [0.25, 0.3) is 11.0 Å². The minimum absolute atomic E-state index is 0.00631. The van der Waals surface area contributed by atoms with Gasteiger partial charge in [0.1, 0.15) is 10.5 Å². The van der Waals surface area contributed by atoms with Gasteiger partial charge in [0.05, 0.1) is 26.3 Å². The predicted molar refractivity (Wildman–Crippen MR) is 108 cm³/mol. The van der Waals surface area contributed by atoms with Crippen molar-refractivity contribution in [3.8, 4) is 11.5 Å². The van der Waals surface area contributed by atoms with Crippen LogP contribution in [0.1, 0.15) is 28.4 Å². The summed E-state index contributed by atoms with van der Waals surface area (Å²) in [6.45, 7) is 1.67. The first-order chi connectivity index (χ1) is 14.3. The van der Waals surface area contributed by atoms with Crippen LogP contribution in [0.3, 0.4) is 0 Å². The molecule has 2 aromatic carbocycles. The van der Waals surface area contributed by atoms with Gasteiger partial charge >= 0.3 is 5.63 Å². The number of methoxy groups -OCH3 is 2. The van der Waals surface area contributed by atoms with Gasteiger partial charge in [0, 0.05) is 17.5 Å². The van der Waals surface area contributed by atoms with E-state index in [4.69, 9.17) is 13.9 Å². The average Bonchev–Trinajstić information content (AvgIpc) is 2.92. The van der Waals surface area contributed by atoms with Crippen molar-refractivity contribution in [2.45, 2.75) is 24.8 Å². The molecule has 2 heterocycles. The van der Waals surface area contributed by atoms with E-state index in [9.17, 15) is 18.0 Å². The lowest BCUT2D eigenvalue weighted by Gasteiger charge is -2.16. The quantitative estimate of drug-likeness (QED) is 0.575. The fourth-order valence-electron chi connectivity index (χ4n) is 3.54. The molecule has 0 saturated heterocycles. The number of sulfonamides is 1. The van der Waals surface area contributed by atoms with E-state index in [-0.39, 0.29) is 28.5 Å². The Morgan fingerprint density at radius 3 is 2.37 bits per heavy atom. The highest BCUT2D eigenvalue weighted by molar-refractivity contribution is 7.90. The van der Waals surface area contributed by atoms with E-state index in [1.54, 1.807) is 12.1 Å². The summed E-state index contributed by atoms with van der Waals surface area (Å²) in [5.74, 6) is -0.246. The van der Waals surface area contributed by atoms with Crippen LogP contribution in [-0.2, 0) is 23.0 Å². The van der Waals surface area contributed by atoms with E-state index < -0.39 is 21.6 Å². The molecule has 0 atom stereocenters. The number of benzene rings is 2. The second-order valence-corrected chi connectivity index (χ2v) is 8.63. The third-order valence-electron chi connectivity index (χ3n) is 5.13. The molecule has 156 valence electrons. The van der Waals surface area contributed by atoms with Crippen LogP contribution >= 0.6 is 0 Å². The van der Waals surface area contributed by atoms with Gasteiger partial charge in [-0.25, -0.2) is 17.5 Å². The standard InChI is InChI=1S/C21H19NO7S/c1-4-12-5-6-14-13(8-20(23)29-16(14)7-12)11-22-21(24)15-9-17(27-2)18(28-3)10-19(15)30(22,25)26/h5-10H,4,11H2,1-3H3. The van der Waals surface area contributed by atoms with Crippen molar-refractivity contribution in [1.29, 1.82) is 0 Å². The maximum Gasteiger partial charge on any atom is 0.336 e. The molecule has 0 bridgehead atoms. The number of carbonyl (C=O) groups is 1. The van der Waals surface area contributed by atoms with Crippen LogP contribution in [0.15, 0.2) is 50.5 Å². The molecule has 8 nitrogen and oxygen atoms in total. The van der Waals surface area contributed by atoms with E-state index in [0.29, 0.717) is 16.5 Å². The Labute approximate surface area is 172 Å². The zero-order chi connectivity index (χ0) is 21.6. The number of ether oxygens (including phenoxy) is 2. The molecule has 1 aliphatic heterocycles. The molecule has 1 aromatic heterocycles. The van der Waals surface area contributed by atoms with Crippen molar-refractivity contribution in [3.05, 3.63) is 63.5 Å². The Balaban J connectivity index is 1.83. The van der Waals surface area contributed by atoms with Gasteiger partial charge < -0.3 is 13.9 Å². The normalized spacial score (nSPS) is 14.8. The van der Waals surface area contributed by atoms with Crippen molar-refractivity contribution in [2.75, 3.05) is 14.2 Å². The summed E-state index contributed by atoms with van der Waals surface area (Å²) < 4.78 is 42.6. The molecular weight excluding hydrogens is 410 g/mol. The molecule has 30 heavy (non-hydrogen) atoms. The number of rotatable bonds is 5. The van der Waals surface area contributed by atoms with Gasteiger partial charge in [0.15, 0.2) is 11.5 Å². The number of carbonyl (C=O) groups excluding carboxylic acids is 1. The number of amides is 1. The summed E-state index contributed by atoms with van der Waals surface area (Å²) in [5.41, 5.74) is 1.08. The summed E-state index contributed by atoms with van der Waals surface area (Å²) in [7, 11) is -1.35. The molecule has 9 heteroatoms. The van der Waals surface area contributed by atoms with Gasteiger partial charge in [0.25, 0.3) is 15.9 Å². The second-order valence-electron chi connectivity index (χ2n) is 6.79. The van der Waals surface area contributed by atoms with Gasteiger partial charge in [0.2, 0.25) is 0 Å². The molecule has 0 unspecified atom stereocenters. The van der Waals surface area contributed by atoms with Crippen LogP contribution < -0.4 is 15.1 Å². The van der Waals surface area contributed by atoms with E-state index in [2.05, 4.69) is 0 Å². The molecule has 4 rings (SSSR count). The highest BCUT2D eigenvalue weighted by Crippen LogP contribution is 2.39. The molecule has 3 aromatic rings. The second kappa shape index (κ2) is 7.17. The third-order valence-corrected chi connectivity index (χ3v) is 6.90. The molecule has 0 spiro atoms. The van der Waals surface area contributed by atoms with Gasteiger partial charge in [-0.2, -0.15) is 0 Å². The van der Waals surface area contributed by atoms with Gasteiger partial charge in [-0.05, 0) is 29.7 Å². The van der Waals surface area contributed by atoms with Crippen LogP contribution in [0.5, 0.6) is 11.5 Å². The van der Waals surface area contributed by atoms with Crippen molar-refractivity contribution in [2.24, 2.45) is 0 Å². The average molecular weight is 429 g/mol. The predicted octanol–water partition coefficient (Wildman–Crippen LogP) is 2.72. The summed E-state index contributed by atoms with van der Waals surface area (Å²) in [5, 5.41) is 0.570. The van der Waals surface area contributed by atoms with Crippen molar-refractivity contribution >= 4 is 26.9 Å². The van der Waals surface area contributed by atoms with Crippen molar-refractivity contribution < 1.29 is 27.1 Å². The topological polar surface area (TPSA) is 103 Å². The number of hydrogen-bond acceptors (Lipinski definition) is 7. The number of hydrogen-bond donors (Lipinski definition) is 0. The third kappa shape index (κ3) is 3.02. The Hall–Kier alpha value is -3.33. The molecule has 0 fully saturated rings. The van der Waals surface area contributed by atoms with Gasteiger partial charge in [-0.15, -0.1) is 0 Å². The summed E-state index contributed by atoms with van der Waals surface area (Å²) >= 11 is 0. The zero-order valence-corrected chi connectivity index (χ0v) is 17.4. The number of nitrogens with zero attached hydrogens (tertiary/aromatic N) is 1.